The number of Topliss-reactive ketones (excluding diaryl/α,β-unsaturated/α-hetero) is 1. The molecule has 2 amide bonds. The van der Waals surface area contributed by atoms with E-state index in [1.807, 2.05) is 24.3 Å². The summed E-state index contributed by atoms with van der Waals surface area (Å²) >= 11 is 11.8. The molecule has 2 aromatic carbocycles. The van der Waals surface area contributed by atoms with E-state index in [9.17, 15) is 29.1 Å². The van der Waals surface area contributed by atoms with E-state index in [0.717, 1.165) is 32.9 Å². The lowest BCUT2D eigenvalue weighted by Gasteiger charge is -2.11. The zero-order valence-electron chi connectivity index (χ0n) is 25.0. The first-order valence-electron chi connectivity index (χ1n) is 14.0. The van der Waals surface area contributed by atoms with Gasteiger partial charge < -0.3 is 25.2 Å². The molecule has 2 heterocycles. The third-order valence-electron chi connectivity index (χ3n) is 6.09. The molecule has 0 aliphatic rings. The number of nitrogens with one attached hydrogen (secondary N) is 2. The van der Waals surface area contributed by atoms with Crippen LogP contribution in [0.4, 0.5) is 0 Å². The van der Waals surface area contributed by atoms with Crippen molar-refractivity contribution in [1.82, 2.24) is 20.6 Å². The summed E-state index contributed by atoms with van der Waals surface area (Å²) in [5.74, 6) is -1.91. The van der Waals surface area contributed by atoms with E-state index in [2.05, 4.69) is 30.1 Å². The molecule has 242 valence electrons. The number of amides is 2. The van der Waals surface area contributed by atoms with Gasteiger partial charge in [0, 0.05) is 43.6 Å². The van der Waals surface area contributed by atoms with Crippen molar-refractivity contribution in [2.45, 2.75) is 32.8 Å². The van der Waals surface area contributed by atoms with E-state index >= 15 is 0 Å². The number of nitrogens with zero attached hydrogens (tertiary/aromatic N) is 2. The molecule has 2 aromatic heterocycles. The number of hydrogen-bond donors (Lipinski definition) is 3. The number of carbonyl (C=O) groups is 5. The summed E-state index contributed by atoms with van der Waals surface area (Å²) in [4.78, 5) is 64.7. The van der Waals surface area contributed by atoms with Gasteiger partial charge in [-0.1, -0.05) is 35.3 Å². The summed E-state index contributed by atoms with van der Waals surface area (Å²) in [7, 11) is 0. The van der Waals surface area contributed by atoms with Crippen molar-refractivity contribution in [2.24, 2.45) is 0 Å². The van der Waals surface area contributed by atoms with Crippen molar-refractivity contribution in [3.8, 4) is 0 Å². The maximum atomic E-state index is 11.9. The van der Waals surface area contributed by atoms with E-state index < -0.39 is 18.0 Å². The Hall–Kier alpha value is -4.65. The largest absolute Gasteiger partial charge is 0.463 e. The number of esters is 2. The molecule has 14 heteroatoms. The molecule has 1 atom stereocenters. The maximum absolute atomic E-state index is 11.9. The summed E-state index contributed by atoms with van der Waals surface area (Å²) in [6.45, 7) is 1.84. The number of benzene rings is 2. The average molecular weight is 672 g/mol. The Bertz CT molecular complexity index is 1730. The number of aliphatic hydroxyl groups is 1. The number of aliphatic hydroxyl groups excluding tert-OH is 1. The molecule has 0 saturated carbocycles. The third kappa shape index (κ3) is 12.8. The van der Waals surface area contributed by atoms with Crippen molar-refractivity contribution in [2.75, 3.05) is 26.3 Å². The van der Waals surface area contributed by atoms with Crippen LogP contribution in [0.1, 0.15) is 25.0 Å². The van der Waals surface area contributed by atoms with Gasteiger partial charge in [-0.3, -0.25) is 33.9 Å². The second-order valence-electron chi connectivity index (χ2n) is 10.1. The number of fused-ring (bicyclic) bond motifs is 2. The summed E-state index contributed by atoms with van der Waals surface area (Å²) < 4.78 is 9.21. The molecule has 0 spiro atoms. The van der Waals surface area contributed by atoms with Crippen molar-refractivity contribution < 1.29 is 38.6 Å². The number of aromatic nitrogens is 2. The van der Waals surface area contributed by atoms with E-state index in [1.165, 1.54) is 13.8 Å². The molecule has 1 unspecified atom stereocenters. The molecule has 12 nitrogen and oxygen atoms in total. The lowest BCUT2D eigenvalue weighted by atomic mass is 10.1. The van der Waals surface area contributed by atoms with Gasteiger partial charge in [-0.25, -0.2) is 0 Å². The second-order valence-corrected chi connectivity index (χ2v) is 10.9. The van der Waals surface area contributed by atoms with Crippen LogP contribution in [0.3, 0.4) is 0 Å². The fourth-order valence-electron chi connectivity index (χ4n) is 3.96. The lowest BCUT2D eigenvalue weighted by Crippen LogP contribution is -2.35. The van der Waals surface area contributed by atoms with Crippen LogP contribution in [0.5, 0.6) is 0 Å². The smallest absolute Gasteiger partial charge is 0.303 e. The Morgan fingerprint density at radius 3 is 1.76 bits per heavy atom. The van der Waals surface area contributed by atoms with E-state index in [0.29, 0.717) is 10.0 Å². The number of rotatable bonds is 12. The molecule has 0 aliphatic carbocycles. The standard InChI is InChI=1S/C16H17ClN2O4.C16H15ClN2O4/c2*1-10(20)23-9-14(21)8-19-16(22)5-11-2-3-15-12(4-11)6-13(17)7-18-15/h2-4,6-7,14,21H,5,8-9H2,1H3,(H,19,22);2-4,6-7H,5,8-9H2,1H3,(H,19,22). The monoisotopic (exact) mass is 670 g/mol. The highest BCUT2D eigenvalue weighted by Gasteiger charge is 2.11. The molecule has 0 aliphatic heterocycles. The van der Waals surface area contributed by atoms with Gasteiger partial charge in [0.2, 0.25) is 11.8 Å². The summed E-state index contributed by atoms with van der Waals surface area (Å²) in [5.41, 5.74) is 3.19. The van der Waals surface area contributed by atoms with E-state index in [1.54, 1.807) is 36.7 Å². The van der Waals surface area contributed by atoms with Gasteiger partial charge in [0.05, 0.1) is 40.5 Å². The van der Waals surface area contributed by atoms with Gasteiger partial charge in [-0.15, -0.1) is 0 Å². The van der Waals surface area contributed by atoms with Crippen LogP contribution in [0.25, 0.3) is 21.8 Å². The van der Waals surface area contributed by atoms with Crippen LogP contribution in [-0.4, -0.2) is 77.0 Å². The highest BCUT2D eigenvalue weighted by molar-refractivity contribution is 6.31. The van der Waals surface area contributed by atoms with Gasteiger partial charge in [-0.2, -0.15) is 0 Å². The van der Waals surface area contributed by atoms with Gasteiger partial charge in [0.25, 0.3) is 0 Å². The normalized spacial score (nSPS) is 11.2. The minimum absolute atomic E-state index is 0.0209. The fourth-order valence-corrected chi connectivity index (χ4v) is 4.29. The van der Waals surface area contributed by atoms with Crippen molar-refractivity contribution in [3.63, 3.8) is 0 Å². The molecular weight excluding hydrogens is 639 g/mol. The zero-order valence-corrected chi connectivity index (χ0v) is 26.6. The number of ketones is 1. The van der Waals surface area contributed by atoms with Gasteiger partial charge in [-0.05, 0) is 47.5 Å². The average Bonchev–Trinajstić information content (AvgIpc) is 3.00. The second kappa shape index (κ2) is 17.7. The Labute approximate surface area is 274 Å². The van der Waals surface area contributed by atoms with Gasteiger partial charge in [0.15, 0.2) is 12.4 Å². The minimum atomic E-state index is -0.928. The molecule has 3 N–H and O–H groups in total. The lowest BCUT2D eigenvalue weighted by molar-refractivity contribution is -0.145. The van der Waals surface area contributed by atoms with E-state index in [-0.39, 0.29) is 56.7 Å². The van der Waals surface area contributed by atoms with Crippen molar-refractivity contribution >= 4 is 74.5 Å². The number of carbonyl (C=O) groups excluding carboxylic acids is 5. The van der Waals surface area contributed by atoms with E-state index in [4.69, 9.17) is 23.2 Å². The zero-order chi connectivity index (χ0) is 33.6. The first kappa shape index (κ1) is 35.8. The molecule has 4 rings (SSSR count). The Morgan fingerprint density at radius 1 is 0.761 bits per heavy atom. The summed E-state index contributed by atoms with van der Waals surface area (Å²) in [5, 5.41) is 17.4. The van der Waals surface area contributed by atoms with Gasteiger partial charge >= 0.3 is 11.9 Å². The van der Waals surface area contributed by atoms with Crippen molar-refractivity contribution in [1.29, 1.82) is 0 Å². The van der Waals surface area contributed by atoms with Crippen LogP contribution in [0.15, 0.2) is 60.9 Å². The fraction of sp³-hybridized carbons (Fsp3) is 0.281. The quantitative estimate of drug-likeness (QED) is 0.190. The Kier molecular flexibility index (Phi) is 13.8. The predicted octanol–water partition coefficient (Wildman–Crippen LogP) is 3.15. The van der Waals surface area contributed by atoms with Crippen LogP contribution < -0.4 is 10.6 Å². The highest BCUT2D eigenvalue weighted by atomic mass is 35.5. The third-order valence-corrected chi connectivity index (χ3v) is 6.50. The summed E-state index contributed by atoms with van der Waals surface area (Å²) in [6, 6.07) is 14.5. The molecule has 46 heavy (non-hydrogen) atoms. The van der Waals surface area contributed by atoms with Crippen LogP contribution in [0, 0.1) is 0 Å². The van der Waals surface area contributed by atoms with Gasteiger partial charge in [0.1, 0.15) is 12.7 Å². The van der Waals surface area contributed by atoms with Crippen LogP contribution in [-0.2, 0) is 46.3 Å². The topological polar surface area (TPSA) is 174 Å². The number of ether oxygens (including phenoxy) is 2. The molecule has 0 radical (unpaired) electrons. The Morgan fingerprint density at radius 2 is 1.26 bits per heavy atom. The SMILES string of the molecule is CC(=O)OCC(=O)CNC(=O)Cc1ccc2ncc(Cl)cc2c1.CC(=O)OCC(O)CNC(=O)Cc1ccc2ncc(Cl)cc2c1. The molecule has 0 fully saturated rings. The number of hydrogen-bond acceptors (Lipinski definition) is 10. The Balaban J connectivity index is 0.000000250. The first-order chi connectivity index (χ1) is 21.9. The molecule has 0 bridgehead atoms. The van der Waals surface area contributed by atoms with Crippen LogP contribution >= 0.6 is 23.2 Å². The first-order valence-corrected chi connectivity index (χ1v) is 14.7. The minimum Gasteiger partial charge on any atom is -0.463 e. The molecule has 0 saturated heterocycles. The molecule has 4 aromatic rings. The highest BCUT2D eigenvalue weighted by Crippen LogP contribution is 2.19. The number of halogens is 2. The summed E-state index contributed by atoms with van der Waals surface area (Å²) in [6.07, 6.45) is 2.50. The predicted molar refractivity (Wildman–Crippen MR) is 171 cm³/mol. The van der Waals surface area contributed by atoms with Crippen molar-refractivity contribution in [3.05, 3.63) is 82.1 Å². The number of pyridine rings is 2. The molecular formula is C32H32Cl2N4O8. The van der Waals surface area contributed by atoms with Crippen LogP contribution in [0.2, 0.25) is 10.0 Å². The maximum Gasteiger partial charge on any atom is 0.303 e.